The van der Waals surface area contributed by atoms with Gasteiger partial charge in [-0.25, -0.2) is 4.98 Å². The lowest BCUT2D eigenvalue weighted by molar-refractivity contribution is -0.113. The molecular formula is C14H15ClN2O3S2. The summed E-state index contributed by atoms with van der Waals surface area (Å²) in [5, 5.41) is 5.14. The quantitative estimate of drug-likeness (QED) is 0.795. The fourth-order valence-corrected chi connectivity index (χ4v) is 3.56. The zero-order valence-electron chi connectivity index (χ0n) is 12.3. The lowest BCUT2D eigenvalue weighted by Gasteiger charge is -2.12. The van der Waals surface area contributed by atoms with Gasteiger partial charge in [-0.05, 0) is 13.0 Å². The zero-order valence-corrected chi connectivity index (χ0v) is 14.7. The van der Waals surface area contributed by atoms with Crippen molar-refractivity contribution in [2.45, 2.75) is 11.3 Å². The second kappa shape index (κ2) is 7.71. The summed E-state index contributed by atoms with van der Waals surface area (Å²) in [6.07, 6.45) is 0. The van der Waals surface area contributed by atoms with Gasteiger partial charge < -0.3 is 14.8 Å². The molecular weight excluding hydrogens is 344 g/mol. The highest BCUT2D eigenvalue weighted by Gasteiger charge is 2.13. The van der Waals surface area contributed by atoms with Crippen LogP contribution in [0, 0.1) is 6.92 Å². The van der Waals surface area contributed by atoms with Crippen LogP contribution >= 0.6 is 34.7 Å². The van der Waals surface area contributed by atoms with E-state index in [0.717, 1.165) is 10.0 Å². The number of amides is 1. The Morgan fingerprint density at radius 2 is 2.09 bits per heavy atom. The molecule has 0 atom stereocenters. The Morgan fingerprint density at radius 3 is 2.68 bits per heavy atom. The Bertz CT molecular complexity index is 676. The summed E-state index contributed by atoms with van der Waals surface area (Å²) in [6, 6.07) is 3.24. The molecule has 1 amide bonds. The van der Waals surface area contributed by atoms with Gasteiger partial charge in [-0.2, -0.15) is 0 Å². The number of anilines is 1. The highest BCUT2D eigenvalue weighted by atomic mass is 35.5. The van der Waals surface area contributed by atoms with Crippen molar-refractivity contribution in [2.24, 2.45) is 0 Å². The van der Waals surface area contributed by atoms with Crippen molar-refractivity contribution in [2.75, 3.05) is 25.3 Å². The van der Waals surface area contributed by atoms with E-state index in [9.17, 15) is 4.79 Å². The van der Waals surface area contributed by atoms with Crippen molar-refractivity contribution in [3.05, 3.63) is 28.2 Å². The van der Waals surface area contributed by atoms with Crippen LogP contribution in [0.4, 0.5) is 5.69 Å². The van der Waals surface area contributed by atoms with Gasteiger partial charge in [0.15, 0.2) is 4.34 Å². The molecule has 22 heavy (non-hydrogen) atoms. The first kappa shape index (κ1) is 16.9. The Labute approximate surface area is 142 Å². The molecule has 1 aromatic heterocycles. The van der Waals surface area contributed by atoms with Crippen molar-refractivity contribution in [1.82, 2.24) is 4.98 Å². The van der Waals surface area contributed by atoms with Crippen molar-refractivity contribution >= 4 is 46.3 Å². The van der Waals surface area contributed by atoms with E-state index < -0.39 is 0 Å². The maximum atomic E-state index is 12.0. The van der Waals surface area contributed by atoms with Gasteiger partial charge in [0.25, 0.3) is 0 Å². The number of hydrogen-bond acceptors (Lipinski definition) is 6. The van der Waals surface area contributed by atoms with Crippen molar-refractivity contribution < 1.29 is 14.3 Å². The summed E-state index contributed by atoms with van der Waals surface area (Å²) < 4.78 is 11.2. The minimum absolute atomic E-state index is 0.155. The van der Waals surface area contributed by atoms with E-state index in [0.29, 0.717) is 22.2 Å². The topological polar surface area (TPSA) is 60.5 Å². The second-order valence-corrected chi connectivity index (χ2v) is 6.77. The molecule has 118 valence electrons. The third-order valence-electron chi connectivity index (χ3n) is 2.67. The van der Waals surface area contributed by atoms with Crippen LogP contribution in [-0.4, -0.2) is 30.9 Å². The van der Waals surface area contributed by atoms with Crippen LogP contribution in [0.25, 0.3) is 0 Å². The van der Waals surface area contributed by atoms with Gasteiger partial charge in [-0.15, -0.1) is 11.3 Å². The summed E-state index contributed by atoms with van der Waals surface area (Å²) in [5.41, 5.74) is 1.46. The Balaban J connectivity index is 2.03. The first-order chi connectivity index (χ1) is 10.5. The molecule has 1 aromatic carbocycles. The summed E-state index contributed by atoms with van der Waals surface area (Å²) >= 11 is 8.99. The van der Waals surface area contributed by atoms with Crippen LogP contribution in [0.5, 0.6) is 11.5 Å². The van der Waals surface area contributed by atoms with Gasteiger partial charge in [0, 0.05) is 17.1 Å². The van der Waals surface area contributed by atoms with Crippen LogP contribution in [0.3, 0.4) is 0 Å². The number of aromatic nitrogens is 1. The summed E-state index contributed by atoms with van der Waals surface area (Å²) in [7, 11) is 3.04. The third kappa shape index (κ3) is 4.28. The van der Waals surface area contributed by atoms with Crippen LogP contribution in [0.15, 0.2) is 21.9 Å². The number of thioether (sulfide) groups is 1. The number of aryl methyl sites for hydroxylation is 1. The SMILES string of the molecule is COc1cc(OC)c(NC(=O)CSc2nc(C)cs2)cc1Cl. The lowest BCUT2D eigenvalue weighted by atomic mass is 10.2. The van der Waals surface area contributed by atoms with Gasteiger partial charge in [-0.3, -0.25) is 4.79 Å². The van der Waals surface area contributed by atoms with E-state index in [1.807, 2.05) is 12.3 Å². The minimum Gasteiger partial charge on any atom is -0.495 e. The third-order valence-corrected chi connectivity index (χ3v) is 5.11. The number of carbonyl (C=O) groups is 1. The molecule has 1 N–H and O–H groups in total. The number of hydrogen-bond donors (Lipinski definition) is 1. The normalized spacial score (nSPS) is 10.4. The number of thiazole rings is 1. The summed E-state index contributed by atoms with van der Waals surface area (Å²) in [4.78, 5) is 16.3. The Hall–Kier alpha value is -1.44. The predicted octanol–water partition coefficient (Wildman–Crippen LogP) is 3.85. The maximum Gasteiger partial charge on any atom is 0.234 e. The molecule has 0 saturated heterocycles. The molecule has 0 spiro atoms. The number of ether oxygens (including phenoxy) is 2. The van der Waals surface area contributed by atoms with E-state index in [2.05, 4.69) is 10.3 Å². The van der Waals surface area contributed by atoms with Gasteiger partial charge in [0.1, 0.15) is 11.5 Å². The van der Waals surface area contributed by atoms with E-state index >= 15 is 0 Å². The van der Waals surface area contributed by atoms with Crippen LogP contribution < -0.4 is 14.8 Å². The van der Waals surface area contributed by atoms with Gasteiger partial charge in [0.05, 0.1) is 30.7 Å². The molecule has 0 bridgehead atoms. The van der Waals surface area contributed by atoms with Crippen LogP contribution in [0.1, 0.15) is 5.69 Å². The fourth-order valence-electron chi connectivity index (χ4n) is 1.67. The first-order valence-corrected chi connectivity index (χ1v) is 8.54. The van der Waals surface area contributed by atoms with Crippen LogP contribution in [0.2, 0.25) is 5.02 Å². The van der Waals surface area contributed by atoms with Crippen molar-refractivity contribution in [1.29, 1.82) is 0 Å². The average molecular weight is 359 g/mol. The minimum atomic E-state index is -0.155. The molecule has 0 aliphatic rings. The second-order valence-electron chi connectivity index (χ2n) is 4.28. The number of carbonyl (C=O) groups excluding carboxylic acids is 1. The van der Waals surface area contributed by atoms with Crippen molar-refractivity contribution in [3.8, 4) is 11.5 Å². The molecule has 1 heterocycles. The smallest absolute Gasteiger partial charge is 0.234 e. The highest BCUT2D eigenvalue weighted by Crippen LogP contribution is 2.36. The number of rotatable bonds is 6. The molecule has 0 aliphatic carbocycles. The predicted molar refractivity (Wildman–Crippen MR) is 90.8 cm³/mol. The van der Waals surface area contributed by atoms with Gasteiger partial charge >= 0.3 is 0 Å². The van der Waals surface area contributed by atoms with E-state index in [1.165, 1.54) is 37.3 Å². The molecule has 0 aliphatic heterocycles. The van der Waals surface area contributed by atoms with Gasteiger partial charge in [0.2, 0.25) is 5.91 Å². The number of nitrogens with one attached hydrogen (secondary N) is 1. The molecule has 8 heteroatoms. The molecule has 5 nitrogen and oxygen atoms in total. The fraction of sp³-hybridized carbons (Fsp3) is 0.286. The largest absolute Gasteiger partial charge is 0.495 e. The Morgan fingerprint density at radius 1 is 1.36 bits per heavy atom. The number of halogens is 1. The highest BCUT2D eigenvalue weighted by molar-refractivity contribution is 8.01. The molecule has 0 saturated carbocycles. The first-order valence-electron chi connectivity index (χ1n) is 6.29. The summed E-state index contributed by atoms with van der Waals surface area (Å²) in [6.45, 7) is 1.92. The zero-order chi connectivity index (χ0) is 16.1. The lowest BCUT2D eigenvalue weighted by Crippen LogP contribution is -2.14. The molecule has 2 rings (SSSR count). The van der Waals surface area contributed by atoms with E-state index in [4.69, 9.17) is 21.1 Å². The number of methoxy groups -OCH3 is 2. The molecule has 0 fully saturated rings. The maximum absolute atomic E-state index is 12.0. The number of benzene rings is 1. The standard InChI is InChI=1S/C14H15ClN2O3S2/c1-8-6-21-14(16-8)22-7-13(18)17-10-4-9(15)11(19-2)5-12(10)20-3/h4-6H,7H2,1-3H3,(H,17,18). The summed E-state index contributed by atoms with van der Waals surface area (Å²) in [5.74, 6) is 1.09. The monoisotopic (exact) mass is 358 g/mol. The van der Waals surface area contributed by atoms with E-state index in [-0.39, 0.29) is 11.7 Å². The van der Waals surface area contributed by atoms with E-state index in [1.54, 1.807) is 12.1 Å². The molecule has 0 unspecified atom stereocenters. The Kier molecular flexibility index (Phi) is 5.93. The van der Waals surface area contributed by atoms with Crippen LogP contribution in [-0.2, 0) is 4.79 Å². The molecule has 0 radical (unpaired) electrons. The average Bonchev–Trinajstić information content (AvgIpc) is 2.91. The van der Waals surface area contributed by atoms with Crippen molar-refractivity contribution in [3.63, 3.8) is 0 Å². The molecule has 2 aromatic rings. The number of nitrogens with zero attached hydrogens (tertiary/aromatic N) is 1. The van der Waals surface area contributed by atoms with Gasteiger partial charge in [-0.1, -0.05) is 23.4 Å².